The zero-order valence-electron chi connectivity index (χ0n) is 10.6. The molecule has 2 aromatic carbocycles. The van der Waals surface area contributed by atoms with Crippen LogP contribution in [0.3, 0.4) is 0 Å². The molecule has 0 aliphatic heterocycles. The zero-order chi connectivity index (χ0) is 12.6. The average molecular weight is 272 g/mol. The SMILES string of the molecule is CN(C)c1cccc2c(S([NH-])(=O)=O)cccc12.[Na+]. The first-order valence-corrected chi connectivity index (χ1v) is 6.58. The van der Waals surface area contributed by atoms with E-state index in [0.717, 1.165) is 11.1 Å². The minimum Gasteiger partial charge on any atom is -0.560 e. The summed E-state index contributed by atoms with van der Waals surface area (Å²) in [5.74, 6) is 0. The molecule has 4 nitrogen and oxygen atoms in total. The molecule has 0 saturated carbocycles. The van der Waals surface area contributed by atoms with Gasteiger partial charge in [-0.2, -0.15) is 0 Å². The maximum absolute atomic E-state index is 11.4. The molecule has 0 bridgehead atoms. The summed E-state index contributed by atoms with van der Waals surface area (Å²) < 4.78 is 22.8. The van der Waals surface area contributed by atoms with Gasteiger partial charge in [0, 0.05) is 30.6 Å². The van der Waals surface area contributed by atoms with Gasteiger partial charge in [0.15, 0.2) is 0 Å². The van der Waals surface area contributed by atoms with Gasteiger partial charge < -0.3 is 10.0 Å². The van der Waals surface area contributed by atoms with Crippen LogP contribution in [0.1, 0.15) is 0 Å². The van der Waals surface area contributed by atoms with E-state index in [9.17, 15) is 8.42 Å². The minimum absolute atomic E-state index is 0. The molecule has 0 unspecified atom stereocenters. The van der Waals surface area contributed by atoms with Crippen LogP contribution in [0, 0.1) is 0 Å². The molecule has 6 heteroatoms. The first-order chi connectivity index (χ1) is 7.91. The molecule has 0 heterocycles. The van der Waals surface area contributed by atoms with Gasteiger partial charge in [-0.15, -0.1) is 0 Å². The molecule has 1 N–H and O–H groups in total. The number of benzene rings is 2. The third kappa shape index (κ3) is 2.87. The molecule has 0 aliphatic rings. The Morgan fingerprint density at radius 2 is 1.56 bits per heavy atom. The molecule has 2 rings (SSSR count). The van der Waals surface area contributed by atoms with E-state index in [0.29, 0.717) is 5.39 Å². The van der Waals surface area contributed by atoms with Crippen LogP contribution in [-0.4, -0.2) is 22.5 Å². The monoisotopic (exact) mass is 272 g/mol. The van der Waals surface area contributed by atoms with E-state index in [1.54, 1.807) is 18.2 Å². The Hall–Kier alpha value is -0.590. The molecule has 0 atom stereocenters. The third-order valence-electron chi connectivity index (χ3n) is 2.63. The van der Waals surface area contributed by atoms with Gasteiger partial charge in [0.05, 0.1) is 14.9 Å². The number of sulfonamides is 1. The Labute approximate surface area is 129 Å². The molecule has 0 aromatic heterocycles. The predicted octanol–water partition coefficient (Wildman–Crippen LogP) is -0.349. The fourth-order valence-corrected chi connectivity index (χ4v) is 2.61. The molecule has 0 saturated heterocycles. The number of fused-ring (bicyclic) bond motifs is 1. The summed E-state index contributed by atoms with van der Waals surface area (Å²) in [6.07, 6.45) is 0. The smallest absolute Gasteiger partial charge is 0.560 e. The van der Waals surface area contributed by atoms with Crippen molar-refractivity contribution in [1.82, 2.24) is 0 Å². The molecule has 0 fully saturated rings. The largest absolute Gasteiger partial charge is 1.00 e. The van der Waals surface area contributed by atoms with E-state index in [-0.39, 0.29) is 34.5 Å². The van der Waals surface area contributed by atoms with Gasteiger partial charge in [0.25, 0.3) is 0 Å². The van der Waals surface area contributed by atoms with Gasteiger partial charge in [0.1, 0.15) is 0 Å². The van der Waals surface area contributed by atoms with Crippen molar-refractivity contribution in [2.24, 2.45) is 0 Å². The fraction of sp³-hybridized carbons (Fsp3) is 0.167. The van der Waals surface area contributed by atoms with E-state index in [1.165, 1.54) is 6.07 Å². The molecule has 0 radical (unpaired) electrons. The van der Waals surface area contributed by atoms with Crippen molar-refractivity contribution in [2.45, 2.75) is 4.90 Å². The van der Waals surface area contributed by atoms with Crippen LogP contribution in [0.4, 0.5) is 5.69 Å². The Bertz CT molecular complexity index is 669. The molecule has 0 aliphatic carbocycles. The van der Waals surface area contributed by atoms with Crippen LogP contribution in [0.15, 0.2) is 41.3 Å². The minimum atomic E-state index is -3.94. The van der Waals surface area contributed by atoms with E-state index < -0.39 is 10.0 Å². The van der Waals surface area contributed by atoms with Crippen molar-refractivity contribution < 1.29 is 38.0 Å². The van der Waals surface area contributed by atoms with Crippen molar-refractivity contribution >= 4 is 26.5 Å². The first kappa shape index (κ1) is 15.5. The topological polar surface area (TPSA) is 61.2 Å². The van der Waals surface area contributed by atoms with Gasteiger partial charge in [0.2, 0.25) is 0 Å². The van der Waals surface area contributed by atoms with Crippen molar-refractivity contribution in [3.8, 4) is 0 Å². The van der Waals surface area contributed by atoms with Crippen LogP contribution < -0.4 is 34.5 Å². The Balaban J connectivity index is 0.00000162. The number of rotatable bonds is 2. The quantitative estimate of drug-likeness (QED) is 0.702. The number of hydrogen-bond donors (Lipinski definition) is 0. The van der Waals surface area contributed by atoms with Gasteiger partial charge in [-0.05, 0) is 12.1 Å². The molecule has 2 aromatic rings. The number of anilines is 1. The normalized spacial score (nSPS) is 11.1. The summed E-state index contributed by atoms with van der Waals surface area (Å²) >= 11 is 0. The summed E-state index contributed by atoms with van der Waals surface area (Å²) in [6.45, 7) is 0. The van der Waals surface area contributed by atoms with E-state index >= 15 is 0 Å². The summed E-state index contributed by atoms with van der Waals surface area (Å²) in [4.78, 5) is 1.97. The number of hydrogen-bond acceptors (Lipinski definition) is 3. The van der Waals surface area contributed by atoms with E-state index in [1.807, 2.05) is 31.1 Å². The summed E-state index contributed by atoms with van der Waals surface area (Å²) in [5.41, 5.74) is 0.938. The van der Waals surface area contributed by atoms with Crippen LogP contribution >= 0.6 is 0 Å². The second kappa shape index (κ2) is 5.59. The number of nitrogens with zero attached hydrogens (tertiary/aromatic N) is 1. The maximum Gasteiger partial charge on any atom is 1.00 e. The summed E-state index contributed by atoms with van der Waals surface area (Å²) in [6, 6.07) is 10.4. The Morgan fingerprint density at radius 1 is 1.00 bits per heavy atom. The molecule has 0 amide bonds. The summed E-state index contributed by atoms with van der Waals surface area (Å²) in [5, 5.41) is 8.62. The van der Waals surface area contributed by atoms with E-state index in [4.69, 9.17) is 5.14 Å². The predicted molar refractivity (Wildman–Crippen MR) is 69.8 cm³/mol. The van der Waals surface area contributed by atoms with Crippen molar-refractivity contribution in [1.29, 1.82) is 0 Å². The van der Waals surface area contributed by atoms with Gasteiger partial charge in [-0.3, -0.25) is 0 Å². The van der Waals surface area contributed by atoms with Gasteiger partial charge in [-0.25, -0.2) is 8.42 Å². The molecule has 90 valence electrons. The van der Waals surface area contributed by atoms with Crippen molar-refractivity contribution in [3.63, 3.8) is 0 Å². The van der Waals surface area contributed by atoms with Crippen molar-refractivity contribution in [3.05, 3.63) is 41.5 Å². The third-order valence-corrected chi connectivity index (χ3v) is 3.57. The average Bonchev–Trinajstić information content (AvgIpc) is 2.26. The van der Waals surface area contributed by atoms with Gasteiger partial charge in [-0.1, -0.05) is 24.3 Å². The standard InChI is InChI=1S/C12H13N2O2S.Na/c1-14(2)11-7-3-6-10-9(11)5-4-8-12(10)17(13,15)16;/h3-8H,1-2H3,(H-,13,15,16);/q-1;+1. The Morgan fingerprint density at radius 3 is 2.11 bits per heavy atom. The molecule has 18 heavy (non-hydrogen) atoms. The molecule has 0 spiro atoms. The fourth-order valence-electron chi connectivity index (χ4n) is 1.89. The van der Waals surface area contributed by atoms with Crippen LogP contribution in [0.2, 0.25) is 0 Å². The number of nitrogens with one attached hydrogen (secondary N) is 1. The first-order valence-electron chi connectivity index (χ1n) is 5.10. The van der Waals surface area contributed by atoms with Gasteiger partial charge >= 0.3 is 29.6 Å². The summed E-state index contributed by atoms with van der Waals surface area (Å²) in [7, 11) is -0.142. The Kier molecular flexibility index (Phi) is 4.80. The van der Waals surface area contributed by atoms with Crippen LogP contribution in [0.25, 0.3) is 15.9 Å². The second-order valence-electron chi connectivity index (χ2n) is 4.03. The molecular weight excluding hydrogens is 259 g/mol. The van der Waals surface area contributed by atoms with E-state index in [2.05, 4.69) is 0 Å². The van der Waals surface area contributed by atoms with Crippen LogP contribution in [0.5, 0.6) is 0 Å². The zero-order valence-corrected chi connectivity index (χ0v) is 13.5. The van der Waals surface area contributed by atoms with Crippen molar-refractivity contribution in [2.75, 3.05) is 19.0 Å². The molecular formula is C12H13N2NaO2S. The van der Waals surface area contributed by atoms with Crippen LogP contribution in [-0.2, 0) is 10.0 Å². The maximum atomic E-state index is 11.4. The second-order valence-corrected chi connectivity index (χ2v) is 5.47.